The van der Waals surface area contributed by atoms with Crippen molar-refractivity contribution < 1.29 is 18.8 Å². The topological polar surface area (TPSA) is 59.1 Å². The molecule has 0 radical (unpaired) electrons. The molecule has 1 fully saturated rings. The van der Waals surface area contributed by atoms with E-state index in [1.807, 2.05) is 0 Å². The lowest BCUT2D eigenvalue weighted by molar-refractivity contribution is -0.122. The zero-order valence-electron chi connectivity index (χ0n) is 14.8. The van der Waals surface area contributed by atoms with Crippen LogP contribution in [0.25, 0.3) is 0 Å². The predicted octanol–water partition coefficient (Wildman–Crippen LogP) is 3.16. The lowest BCUT2D eigenvalue weighted by atomic mass is 10.2. The molecule has 0 bridgehead atoms. The van der Waals surface area contributed by atoms with Crippen LogP contribution in [-0.4, -0.2) is 63.5 Å². The number of hydrogen-bond acceptors (Lipinski definition) is 4. The van der Waals surface area contributed by atoms with Gasteiger partial charge in [0.2, 0.25) is 0 Å². The fourth-order valence-corrected chi connectivity index (χ4v) is 3.28. The van der Waals surface area contributed by atoms with E-state index < -0.39 is 8.32 Å². The number of ether oxygens (including phenoxy) is 1. The fourth-order valence-electron chi connectivity index (χ4n) is 1.81. The molecule has 1 aliphatic rings. The Kier molecular flexibility index (Phi) is 7.00. The molecule has 0 aliphatic carbocycles. The zero-order valence-corrected chi connectivity index (χ0v) is 17.4. The first-order valence-corrected chi connectivity index (χ1v) is 11.5. The van der Waals surface area contributed by atoms with Crippen LogP contribution in [0.2, 0.25) is 18.1 Å². The van der Waals surface area contributed by atoms with Gasteiger partial charge in [-0.1, -0.05) is 36.7 Å². The molecule has 0 aromatic carbocycles. The Morgan fingerprint density at radius 2 is 1.78 bits per heavy atom. The van der Waals surface area contributed by atoms with E-state index in [1.165, 1.54) is 16.9 Å². The molecule has 23 heavy (non-hydrogen) atoms. The van der Waals surface area contributed by atoms with Crippen molar-refractivity contribution in [3.05, 3.63) is 10.7 Å². The molecule has 0 aromatic heterocycles. The third kappa shape index (κ3) is 4.88. The molecule has 0 aromatic rings. The van der Waals surface area contributed by atoms with Crippen LogP contribution >= 0.6 is 15.9 Å². The summed E-state index contributed by atoms with van der Waals surface area (Å²) in [5.41, 5.74) is 0.332. The van der Waals surface area contributed by atoms with E-state index in [0.717, 1.165) is 4.90 Å². The molecule has 0 spiro atoms. The Morgan fingerprint density at radius 1 is 1.17 bits per heavy atom. The molecule has 0 N–H and O–H groups in total. The largest absolute Gasteiger partial charge is 0.414 e. The Bertz CT molecular complexity index is 488. The Morgan fingerprint density at radius 3 is 2.30 bits per heavy atom. The maximum absolute atomic E-state index is 11.9. The van der Waals surface area contributed by atoms with Gasteiger partial charge in [-0.2, -0.15) is 0 Å². The van der Waals surface area contributed by atoms with Crippen LogP contribution in [0.5, 0.6) is 0 Å². The lowest BCUT2D eigenvalue weighted by Crippen LogP contribution is -2.41. The molecule has 1 saturated heterocycles. The van der Waals surface area contributed by atoms with Crippen LogP contribution in [0, 0.1) is 0 Å². The second-order valence-corrected chi connectivity index (χ2v) is 12.3. The highest BCUT2D eigenvalue weighted by Gasteiger charge is 2.38. The Labute approximate surface area is 148 Å². The molecule has 6 nitrogen and oxygen atoms in total. The summed E-state index contributed by atoms with van der Waals surface area (Å²) in [4.78, 5) is 27.7. The first kappa shape index (κ1) is 20.3. The average molecular weight is 407 g/mol. The first-order chi connectivity index (χ1) is 10.5. The highest BCUT2D eigenvalue weighted by Crippen LogP contribution is 2.36. The molecule has 132 valence electrons. The highest BCUT2D eigenvalue weighted by molar-refractivity contribution is 9.11. The SMILES string of the molecule is CN1C(=O)/C(=C/Br)N(CCOCCO[Si](C)(C)C(C)(C)C)C1=O. The lowest BCUT2D eigenvalue weighted by Gasteiger charge is -2.36. The summed E-state index contributed by atoms with van der Waals surface area (Å²) in [6, 6.07) is -0.332. The molecule has 0 atom stereocenters. The average Bonchev–Trinajstić information content (AvgIpc) is 2.65. The number of nitrogens with zero attached hydrogens (tertiary/aromatic N) is 2. The van der Waals surface area contributed by atoms with Gasteiger partial charge in [-0.05, 0) is 18.1 Å². The van der Waals surface area contributed by atoms with Gasteiger partial charge in [0.25, 0.3) is 5.91 Å². The van der Waals surface area contributed by atoms with Gasteiger partial charge in [-0.25, -0.2) is 4.79 Å². The summed E-state index contributed by atoms with van der Waals surface area (Å²) in [5.74, 6) is -0.312. The van der Waals surface area contributed by atoms with Gasteiger partial charge in [0.05, 0.1) is 26.4 Å². The highest BCUT2D eigenvalue weighted by atomic mass is 79.9. The number of urea groups is 1. The van der Waals surface area contributed by atoms with Crippen molar-refractivity contribution in [1.82, 2.24) is 9.80 Å². The van der Waals surface area contributed by atoms with Crippen LogP contribution in [0.15, 0.2) is 10.7 Å². The first-order valence-electron chi connectivity index (χ1n) is 7.64. The van der Waals surface area contributed by atoms with Gasteiger partial charge in [-0.3, -0.25) is 14.6 Å². The number of carbonyl (C=O) groups excluding carboxylic acids is 2. The quantitative estimate of drug-likeness (QED) is 0.282. The molecule has 0 saturated carbocycles. The van der Waals surface area contributed by atoms with Crippen LogP contribution in [0.4, 0.5) is 4.79 Å². The minimum Gasteiger partial charge on any atom is -0.414 e. The number of rotatable bonds is 7. The van der Waals surface area contributed by atoms with E-state index in [1.54, 1.807) is 0 Å². The van der Waals surface area contributed by atoms with Crippen molar-refractivity contribution in [2.45, 2.75) is 38.9 Å². The Hall–Kier alpha value is -0.703. The monoisotopic (exact) mass is 406 g/mol. The maximum Gasteiger partial charge on any atom is 0.331 e. The van der Waals surface area contributed by atoms with E-state index in [9.17, 15) is 9.59 Å². The summed E-state index contributed by atoms with van der Waals surface area (Å²) in [6.07, 6.45) is 0. The van der Waals surface area contributed by atoms with Crippen molar-refractivity contribution in [2.75, 3.05) is 33.4 Å². The summed E-state index contributed by atoms with van der Waals surface area (Å²) in [7, 11) is -0.281. The normalized spacial score (nSPS) is 18.5. The van der Waals surface area contributed by atoms with E-state index in [4.69, 9.17) is 9.16 Å². The zero-order chi connectivity index (χ0) is 17.8. The number of amides is 3. The van der Waals surface area contributed by atoms with E-state index in [0.29, 0.717) is 32.1 Å². The van der Waals surface area contributed by atoms with Crippen LogP contribution in [-0.2, 0) is 14.0 Å². The molecule has 0 unspecified atom stereocenters. The smallest absolute Gasteiger partial charge is 0.331 e. The summed E-state index contributed by atoms with van der Waals surface area (Å²) < 4.78 is 11.6. The van der Waals surface area contributed by atoms with Crippen molar-refractivity contribution in [1.29, 1.82) is 0 Å². The van der Waals surface area contributed by atoms with Crippen LogP contribution in [0.3, 0.4) is 0 Å². The van der Waals surface area contributed by atoms with Crippen LogP contribution in [0.1, 0.15) is 20.8 Å². The van der Waals surface area contributed by atoms with Crippen LogP contribution < -0.4 is 0 Å². The molecular weight excluding hydrogens is 380 g/mol. The number of hydrogen-bond donors (Lipinski definition) is 0. The van der Waals surface area contributed by atoms with Crippen molar-refractivity contribution in [3.8, 4) is 0 Å². The standard InChI is InChI=1S/C15H27BrN2O4Si/c1-15(2,3)23(5,6)22-10-9-21-8-7-18-12(11-16)13(19)17(4)14(18)20/h11H,7-10H2,1-6H3/b12-11-. The third-order valence-corrected chi connectivity index (χ3v) is 9.36. The van der Waals surface area contributed by atoms with Gasteiger partial charge in [0, 0.05) is 12.0 Å². The molecule has 1 rings (SSSR count). The fraction of sp³-hybridized carbons (Fsp3) is 0.733. The van der Waals surface area contributed by atoms with Gasteiger partial charge in [-0.15, -0.1) is 0 Å². The number of imide groups is 1. The van der Waals surface area contributed by atoms with Gasteiger partial charge >= 0.3 is 6.03 Å². The minimum atomic E-state index is -1.75. The van der Waals surface area contributed by atoms with E-state index in [2.05, 4.69) is 49.8 Å². The molecule has 8 heteroatoms. The number of likely N-dealkylation sites (N-methyl/N-ethyl adjacent to an activating group) is 1. The molecular formula is C15H27BrN2O4Si. The molecule has 3 amide bonds. The van der Waals surface area contributed by atoms with E-state index in [-0.39, 0.29) is 17.0 Å². The molecule has 1 heterocycles. The number of halogens is 1. The van der Waals surface area contributed by atoms with Gasteiger partial charge < -0.3 is 9.16 Å². The second kappa shape index (κ2) is 7.91. The second-order valence-electron chi connectivity index (χ2n) is 7.01. The number of carbonyl (C=O) groups is 2. The van der Waals surface area contributed by atoms with Crippen molar-refractivity contribution in [3.63, 3.8) is 0 Å². The van der Waals surface area contributed by atoms with E-state index >= 15 is 0 Å². The summed E-state index contributed by atoms with van der Waals surface area (Å²) in [5, 5.41) is 0.176. The minimum absolute atomic E-state index is 0.176. The van der Waals surface area contributed by atoms with Crippen molar-refractivity contribution >= 4 is 36.2 Å². The maximum atomic E-state index is 11.9. The third-order valence-electron chi connectivity index (χ3n) is 4.39. The molecule has 1 aliphatic heterocycles. The van der Waals surface area contributed by atoms with Crippen molar-refractivity contribution in [2.24, 2.45) is 0 Å². The summed E-state index contributed by atoms with van der Waals surface area (Å²) >= 11 is 3.13. The Balaban J connectivity index is 2.33. The van der Waals surface area contributed by atoms with Gasteiger partial charge in [0.15, 0.2) is 8.32 Å². The summed E-state index contributed by atoms with van der Waals surface area (Å²) in [6.45, 7) is 12.7. The van der Waals surface area contributed by atoms with Gasteiger partial charge in [0.1, 0.15) is 5.70 Å². The predicted molar refractivity (Wildman–Crippen MR) is 95.9 cm³/mol.